The van der Waals surface area contributed by atoms with Crippen LogP contribution >= 0.6 is 27.3 Å². The van der Waals surface area contributed by atoms with Crippen molar-refractivity contribution in [1.82, 2.24) is 0 Å². The second kappa shape index (κ2) is 5.67. The molecule has 0 aliphatic heterocycles. The molecule has 0 aliphatic carbocycles. The molecule has 0 spiro atoms. The van der Waals surface area contributed by atoms with E-state index < -0.39 is 0 Å². The molecule has 2 rings (SSSR count). The fourth-order valence-electron chi connectivity index (χ4n) is 1.56. The highest BCUT2D eigenvalue weighted by atomic mass is 79.9. The fourth-order valence-corrected chi connectivity index (χ4v) is 2.95. The molecule has 0 bridgehead atoms. The standard InChI is InChI=1S/C14H13BrO2S/c1-9(2)17-12-5-3-4-10(6-12)14(16)13-7-11(15)8-18-13/h3-9H,1-2H3. The summed E-state index contributed by atoms with van der Waals surface area (Å²) in [6.07, 6.45) is 0.103. The van der Waals surface area contributed by atoms with Gasteiger partial charge in [0.1, 0.15) is 5.75 Å². The second-order valence-corrected chi connectivity index (χ2v) is 5.98. The summed E-state index contributed by atoms with van der Waals surface area (Å²) in [4.78, 5) is 13.0. The normalized spacial score (nSPS) is 10.7. The summed E-state index contributed by atoms with van der Waals surface area (Å²) in [5.74, 6) is 0.756. The van der Waals surface area contributed by atoms with E-state index in [1.807, 2.05) is 43.5 Å². The summed E-state index contributed by atoms with van der Waals surface area (Å²) in [7, 11) is 0. The van der Waals surface area contributed by atoms with Crippen LogP contribution in [0.15, 0.2) is 40.2 Å². The first-order valence-corrected chi connectivity index (χ1v) is 7.29. The Hall–Kier alpha value is -1.13. The lowest BCUT2D eigenvalue weighted by Crippen LogP contribution is -2.06. The summed E-state index contributed by atoms with van der Waals surface area (Å²) >= 11 is 4.79. The second-order valence-electron chi connectivity index (χ2n) is 4.15. The highest BCUT2D eigenvalue weighted by Gasteiger charge is 2.12. The van der Waals surface area contributed by atoms with Gasteiger partial charge in [-0.25, -0.2) is 0 Å². The predicted octanol–water partition coefficient (Wildman–Crippen LogP) is 4.53. The van der Waals surface area contributed by atoms with Crippen LogP contribution in [0.25, 0.3) is 0 Å². The third kappa shape index (κ3) is 3.21. The van der Waals surface area contributed by atoms with Crippen molar-refractivity contribution in [3.05, 3.63) is 50.6 Å². The van der Waals surface area contributed by atoms with E-state index in [1.54, 1.807) is 6.07 Å². The van der Waals surface area contributed by atoms with Crippen LogP contribution in [0.4, 0.5) is 0 Å². The average molecular weight is 325 g/mol. The van der Waals surface area contributed by atoms with Crippen molar-refractivity contribution < 1.29 is 9.53 Å². The van der Waals surface area contributed by atoms with E-state index >= 15 is 0 Å². The zero-order valence-corrected chi connectivity index (χ0v) is 12.5. The zero-order chi connectivity index (χ0) is 13.1. The highest BCUT2D eigenvalue weighted by molar-refractivity contribution is 9.10. The highest BCUT2D eigenvalue weighted by Crippen LogP contribution is 2.24. The van der Waals surface area contributed by atoms with E-state index in [0.717, 1.165) is 15.1 Å². The van der Waals surface area contributed by atoms with Crippen molar-refractivity contribution in [3.63, 3.8) is 0 Å². The molecular formula is C14H13BrO2S. The fraction of sp³-hybridized carbons (Fsp3) is 0.214. The smallest absolute Gasteiger partial charge is 0.203 e. The molecule has 1 heterocycles. The lowest BCUT2D eigenvalue weighted by molar-refractivity contribution is 0.104. The van der Waals surface area contributed by atoms with E-state index in [2.05, 4.69) is 15.9 Å². The van der Waals surface area contributed by atoms with E-state index in [0.29, 0.717) is 5.56 Å². The maximum Gasteiger partial charge on any atom is 0.203 e. The summed E-state index contributed by atoms with van der Waals surface area (Å²) in [6.45, 7) is 3.93. The van der Waals surface area contributed by atoms with E-state index in [9.17, 15) is 4.79 Å². The first kappa shape index (κ1) is 13.3. The Kier molecular flexibility index (Phi) is 4.19. The maximum atomic E-state index is 12.2. The van der Waals surface area contributed by atoms with Crippen LogP contribution in [0.3, 0.4) is 0 Å². The zero-order valence-electron chi connectivity index (χ0n) is 10.1. The molecule has 1 aromatic carbocycles. The minimum Gasteiger partial charge on any atom is -0.491 e. The Morgan fingerprint density at radius 1 is 1.33 bits per heavy atom. The number of hydrogen-bond acceptors (Lipinski definition) is 3. The number of hydrogen-bond donors (Lipinski definition) is 0. The Labute approximate surface area is 119 Å². The number of carbonyl (C=O) groups excluding carboxylic acids is 1. The van der Waals surface area contributed by atoms with Gasteiger partial charge >= 0.3 is 0 Å². The predicted molar refractivity (Wildman–Crippen MR) is 77.7 cm³/mol. The number of carbonyl (C=O) groups is 1. The Morgan fingerprint density at radius 3 is 2.72 bits per heavy atom. The molecule has 2 aromatic rings. The van der Waals surface area contributed by atoms with Crippen LogP contribution in [-0.2, 0) is 0 Å². The van der Waals surface area contributed by atoms with Crippen molar-refractivity contribution in [2.75, 3.05) is 0 Å². The third-order valence-electron chi connectivity index (χ3n) is 2.26. The van der Waals surface area contributed by atoms with Crippen molar-refractivity contribution in [1.29, 1.82) is 0 Å². The van der Waals surface area contributed by atoms with Gasteiger partial charge in [0.2, 0.25) is 5.78 Å². The molecule has 0 radical (unpaired) electrons. The Balaban J connectivity index is 2.25. The van der Waals surface area contributed by atoms with Gasteiger partial charge < -0.3 is 4.74 Å². The minimum absolute atomic E-state index is 0.0277. The van der Waals surface area contributed by atoms with Crippen LogP contribution < -0.4 is 4.74 Å². The monoisotopic (exact) mass is 324 g/mol. The molecule has 1 aromatic heterocycles. The van der Waals surface area contributed by atoms with Crippen LogP contribution in [0.5, 0.6) is 5.75 Å². The molecule has 0 unspecified atom stereocenters. The van der Waals surface area contributed by atoms with Crippen LogP contribution in [0.2, 0.25) is 0 Å². The van der Waals surface area contributed by atoms with Gasteiger partial charge in [-0.05, 0) is 48.0 Å². The van der Waals surface area contributed by atoms with Gasteiger partial charge in [0.15, 0.2) is 0 Å². The topological polar surface area (TPSA) is 26.3 Å². The quantitative estimate of drug-likeness (QED) is 0.772. The Bertz CT molecular complexity index is 560. The Morgan fingerprint density at radius 2 is 2.11 bits per heavy atom. The van der Waals surface area contributed by atoms with E-state index in [4.69, 9.17) is 4.74 Å². The van der Waals surface area contributed by atoms with E-state index in [-0.39, 0.29) is 11.9 Å². The summed E-state index contributed by atoms with van der Waals surface area (Å²) < 4.78 is 6.52. The van der Waals surface area contributed by atoms with Crippen LogP contribution in [0, 0.1) is 0 Å². The molecule has 0 atom stereocenters. The SMILES string of the molecule is CC(C)Oc1cccc(C(=O)c2cc(Br)cs2)c1. The molecule has 0 saturated heterocycles. The lowest BCUT2D eigenvalue weighted by Gasteiger charge is -2.10. The van der Waals surface area contributed by atoms with Gasteiger partial charge in [0, 0.05) is 15.4 Å². The lowest BCUT2D eigenvalue weighted by atomic mass is 10.1. The van der Waals surface area contributed by atoms with E-state index in [1.165, 1.54) is 11.3 Å². The van der Waals surface area contributed by atoms with Gasteiger partial charge in [0.05, 0.1) is 11.0 Å². The number of rotatable bonds is 4. The number of benzene rings is 1. The van der Waals surface area contributed by atoms with Crippen LogP contribution in [0.1, 0.15) is 29.1 Å². The third-order valence-corrected chi connectivity index (χ3v) is 3.95. The molecule has 0 aliphatic rings. The van der Waals surface area contributed by atoms with Gasteiger partial charge in [-0.3, -0.25) is 4.79 Å². The van der Waals surface area contributed by atoms with Gasteiger partial charge in [0.25, 0.3) is 0 Å². The largest absolute Gasteiger partial charge is 0.491 e. The summed E-state index contributed by atoms with van der Waals surface area (Å²) in [6, 6.07) is 9.14. The number of ether oxygens (including phenoxy) is 1. The van der Waals surface area contributed by atoms with Gasteiger partial charge in [-0.15, -0.1) is 11.3 Å². The maximum absolute atomic E-state index is 12.2. The van der Waals surface area contributed by atoms with Gasteiger partial charge in [-0.1, -0.05) is 12.1 Å². The van der Waals surface area contributed by atoms with Crippen molar-refractivity contribution in [2.24, 2.45) is 0 Å². The van der Waals surface area contributed by atoms with Gasteiger partial charge in [-0.2, -0.15) is 0 Å². The number of ketones is 1. The van der Waals surface area contributed by atoms with Crippen molar-refractivity contribution >= 4 is 33.0 Å². The molecule has 2 nitrogen and oxygen atoms in total. The number of halogens is 1. The molecule has 94 valence electrons. The molecule has 18 heavy (non-hydrogen) atoms. The molecule has 4 heteroatoms. The molecule has 0 N–H and O–H groups in total. The first-order valence-electron chi connectivity index (χ1n) is 5.61. The molecule has 0 amide bonds. The first-order chi connectivity index (χ1) is 8.56. The molecular weight excluding hydrogens is 312 g/mol. The van der Waals surface area contributed by atoms with Crippen molar-refractivity contribution in [2.45, 2.75) is 20.0 Å². The summed E-state index contributed by atoms with van der Waals surface area (Å²) in [5, 5.41) is 1.90. The van der Waals surface area contributed by atoms with Crippen molar-refractivity contribution in [3.8, 4) is 5.75 Å². The summed E-state index contributed by atoms with van der Waals surface area (Å²) in [5.41, 5.74) is 0.655. The molecule has 0 saturated carbocycles. The minimum atomic E-state index is 0.0277. The molecule has 0 fully saturated rings. The van der Waals surface area contributed by atoms with Crippen LogP contribution in [-0.4, -0.2) is 11.9 Å². The number of thiophene rings is 1. The average Bonchev–Trinajstić information content (AvgIpc) is 2.74.